The van der Waals surface area contributed by atoms with Crippen LogP contribution in [0.4, 0.5) is 5.69 Å². The summed E-state index contributed by atoms with van der Waals surface area (Å²) in [4.78, 5) is 4.28. The standard InChI is InChI=1S/C15H18N2O/c1-3-18-15-10-12(2)7-8-14(15)17-11-13-6-4-5-9-16-13/h4-10,17H,3,11H2,1-2H3. The van der Waals surface area contributed by atoms with E-state index < -0.39 is 0 Å². The van der Waals surface area contributed by atoms with Gasteiger partial charge in [-0.2, -0.15) is 0 Å². The molecule has 0 aliphatic carbocycles. The van der Waals surface area contributed by atoms with Gasteiger partial charge < -0.3 is 10.1 Å². The van der Waals surface area contributed by atoms with E-state index >= 15 is 0 Å². The van der Waals surface area contributed by atoms with Gasteiger partial charge in [0.25, 0.3) is 0 Å². The minimum Gasteiger partial charge on any atom is -0.492 e. The molecule has 18 heavy (non-hydrogen) atoms. The smallest absolute Gasteiger partial charge is 0.142 e. The summed E-state index contributed by atoms with van der Waals surface area (Å²) in [6.07, 6.45) is 1.80. The monoisotopic (exact) mass is 242 g/mol. The second-order valence-electron chi connectivity index (χ2n) is 4.11. The lowest BCUT2D eigenvalue weighted by atomic mass is 10.2. The van der Waals surface area contributed by atoms with Crippen LogP contribution in [-0.4, -0.2) is 11.6 Å². The average molecular weight is 242 g/mol. The molecule has 2 rings (SSSR count). The number of nitrogens with one attached hydrogen (secondary N) is 1. The van der Waals surface area contributed by atoms with Crippen molar-refractivity contribution in [3.63, 3.8) is 0 Å². The summed E-state index contributed by atoms with van der Waals surface area (Å²) in [5.74, 6) is 0.897. The summed E-state index contributed by atoms with van der Waals surface area (Å²) in [6, 6.07) is 12.1. The van der Waals surface area contributed by atoms with Crippen LogP contribution in [-0.2, 0) is 6.54 Å². The summed E-state index contributed by atoms with van der Waals surface area (Å²) in [5.41, 5.74) is 3.22. The summed E-state index contributed by atoms with van der Waals surface area (Å²) < 4.78 is 5.62. The normalized spacial score (nSPS) is 10.1. The van der Waals surface area contributed by atoms with Gasteiger partial charge >= 0.3 is 0 Å². The van der Waals surface area contributed by atoms with E-state index in [0.717, 1.165) is 17.1 Å². The summed E-state index contributed by atoms with van der Waals surface area (Å²) in [6.45, 7) is 5.42. The van der Waals surface area contributed by atoms with E-state index in [-0.39, 0.29) is 0 Å². The van der Waals surface area contributed by atoms with Crippen molar-refractivity contribution in [3.05, 3.63) is 53.9 Å². The zero-order valence-electron chi connectivity index (χ0n) is 10.8. The number of ether oxygens (including phenoxy) is 1. The van der Waals surface area contributed by atoms with E-state index in [4.69, 9.17) is 4.74 Å². The molecule has 0 radical (unpaired) electrons. The highest BCUT2D eigenvalue weighted by molar-refractivity contribution is 5.57. The second-order valence-corrected chi connectivity index (χ2v) is 4.11. The van der Waals surface area contributed by atoms with Crippen molar-refractivity contribution in [2.45, 2.75) is 20.4 Å². The molecule has 0 atom stereocenters. The average Bonchev–Trinajstić information content (AvgIpc) is 2.39. The molecular formula is C15H18N2O. The summed E-state index contributed by atoms with van der Waals surface area (Å²) in [5, 5.41) is 3.35. The molecule has 3 nitrogen and oxygen atoms in total. The van der Waals surface area contributed by atoms with Gasteiger partial charge in [0, 0.05) is 6.20 Å². The zero-order chi connectivity index (χ0) is 12.8. The number of benzene rings is 1. The first-order valence-electron chi connectivity index (χ1n) is 6.17. The third kappa shape index (κ3) is 3.23. The van der Waals surface area contributed by atoms with E-state index in [1.54, 1.807) is 6.20 Å². The Morgan fingerprint density at radius 1 is 1.22 bits per heavy atom. The van der Waals surface area contributed by atoms with Crippen LogP contribution < -0.4 is 10.1 Å². The van der Waals surface area contributed by atoms with Crippen LogP contribution >= 0.6 is 0 Å². The fraction of sp³-hybridized carbons (Fsp3) is 0.267. The number of hydrogen-bond donors (Lipinski definition) is 1. The Kier molecular flexibility index (Phi) is 4.18. The minimum atomic E-state index is 0.668. The molecule has 0 unspecified atom stereocenters. The van der Waals surface area contributed by atoms with Crippen molar-refractivity contribution in [2.75, 3.05) is 11.9 Å². The molecule has 0 bridgehead atoms. The third-order valence-electron chi connectivity index (χ3n) is 2.62. The van der Waals surface area contributed by atoms with Crippen LogP contribution in [0, 0.1) is 6.92 Å². The van der Waals surface area contributed by atoms with E-state index in [1.165, 1.54) is 5.56 Å². The highest BCUT2D eigenvalue weighted by atomic mass is 16.5. The first-order valence-corrected chi connectivity index (χ1v) is 6.17. The molecule has 1 N–H and O–H groups in total. The fourth-order valence-corrected chi connectivity index (χ4v) is 1.74. The predicted octanol–water partition coefficient (Wildman–Crippen LogP) is 3.40. The Hall–Kier alpha value is -2.03. The summed E-state index contributed by atoms with van der Waals surface area (Å²) in [7, 11) is 0. The Morgan fingerprint density at radius 2 is 2.11 bits per heavy atom. The number of anilines is 1. The number of hydrogen-bond acceptors (Lipinski definition) is 3. The molecule has 0 aliphatic rings. The lowest BCUT2D eigenvalue weighted by Crippen LogP contribution is -2.04. The molecule has 3 heteroatoms. The fourth-order valence-electron chi connectivity index (χ4n) is 1.74. The number of nitrogens with zero attached hydrogens (tertiary/aromatic N) is 1. The van der Waals surface area contributed by atoms with Gasteiger partial charge in [0.15, 0.2) is 0 Å². The SMILES string of the molecule is CCOc1cc(C)ccc1NCc1ccccn1. The maximum Gasteiger partial charge on any atom is 0.142 e. The quantitative estimate of drug-likeness (QED) is 0.872. The van der Waals surface area contributed by atoms with E-state index in [0.29, 0.717) is 13.2 Å². The van der Waals surface area contributed by atoms with Crippen LogP contribution in [0.25, 0.3) is 0 Å². The second kappa shape index (κ2) is 6.05. The molecule has 0 saturated heterocycles. The van der Waals surface area contributed by atoms with Gasteiger partial charge in [0.2, 0.25) is 0 Å². The predicted molar refractivity (Wildman–Crippen MR) is 73.9 cm³/mol. The molecule has 0 amide bonds. The van der Waals surface area contributed by atoms with Crippen molar-refractivity contribution in [1.82, 2.24) is 4.98 Å². The van der Waals surface area contributed by atoms with Gasteiger partial charge in [-0.05, 0) is 43.7 Å². The summed E-state index contributed by atoms with van der Waals surface area (Å²) >= 11 is 0. The minimum absolute atomic E-state index is 0.668. The van der Waals surface area contributed by atoms with Crippen molar-refractivity contribution in [1.29, 1.82) is 0 Å². The molecule has 1 heterocycles. The van der Waals surface area contributed by atoms with Crippen molar-refractivity contribution in [2.24, 2.45) is 0 Å². The Morgan fingerprint density at radius 3 is 2.83 bits per heavy atom. The van der Waals surface area contributed by atoms with Gasteiger partial charge in [-0.15, -0.1) is 0 Å². The Labute approximate surface area is 108 Å². The Bertz CT molecular complexity index is 497. The van der Waals surface area contributed by atoms with Gasteiger partial charge in [-0.1, -0.05) is 12.1 Å². The largest absolute Gasteiger partial charge is 0.492 e. The molecule has 0 fully saturated rings. The number of rotatable bonds is 5. The van der Waals surface area contributed by atoms with E-state index in [2.05, 4.69) is 23.3 Å². The highest BCUT2D eigenvalue weighted by Crippen LogP contribution is 2.26. The van der Waals surface area contributed by atoms with Crippen LogP contribution in [0.3, 0.4) is 0 Å². The van der Waals surface area contributed by atoms with Gasteiger partial charge in [0.05, 0.1) is 24.5 Å². The van der Waals surface area contributed by atoms with Gasteiger partial charge in [-0.3, -0.25) is 4.98 Å². The lowest BCUT2D eigenvalue weighted by Gasteiger charge is -2.12. The van der Waals surface area contributed by atoms with Crippen LogP contribution in [0.15, 0.2) is 42.6 Å². The highest BCUT2D eigenvalue weighted by Gasteiger charge is 2.03. The molecule has 0 spiro atoms. The molecular weight excluding hydrogens is 224 g/mol. The molecule has 0 saturated carbocycles. The molecule has 1 aromatic carbocycles. The molecule has 0 aliphatic heterocycles. The lowest BCUT2D eigenvalue weighted by molar-refractivity contribution is 0.341. The van der Waals surface area contributed by atoms with E-state index in [9.17, 15) is 0 Å². The first kappa shape index (κ1) is 12.4. The Balaban J connectivity index is 2.09. The maximum atomic E-state index is 5.62. The maximum absolute atomic E-state index is 5.62. The van der Waals surface area contributed by atoms with Crippen molar-refractivity contribution < 1.29 is 4.74 Å². The number of aryl methyl sites for hydroxylation is 1. The van der Waals surface area contributed by atoms with Crippen LogP contribution in [0.2, 0.25) is 0 Å². The topological polar surface area (TPSA) is 34.1 Å². The van der Waals surface area contributed by atoms with E-state index in [1.807, 2.05) is 37.3 Å². The van der Waals surface area contributed by atoms with Gasteiger partial charge in [-0.25, -0.2) is 0 Å². The van der Waals surface area contributed by atoms with Crippen LogP contribution in [0.1, 0.15) is 18.2 Å². The molecule has 2 aromatic rings. The molecule has 1 aromatic heterocycles. The number of pyridine rings is 1. The number of aromatic nitrogens is 1. The van der Waals surface area contributed by atoms with Gasteiger partial charge in [0.1, 0.15) is 5.75 Å². The zero-order valence-corrected chi connectivity index (χ0v) is 10.8. The van der Waals surface area contributed by atoms with Crippen molar-refractivity contribution >= 4 is 5.69 Å². The molecule has 94 valence electrons. The first-order chi connectivity index (χ1) is 8.79. The van der Waals surface area contributed by atoms with Crippen molar-refractivity contribution in [3.8, 4) is 5.75 Å². The third-order valence-corrected chi connectivity index (χ3v) is 2.62. The van der Waals surface area contributed by atoms with Crippen LogP contribution in [0.5, 0.6) is 5.75 Å².